The van der Waals surface area contributed by atoms with Gasteiger partial charge in [-0.1, -0.05) is 45.4 Å². The summed E-state index contributed by atoms with van der Waals surface area (Å²) < 4.78 is 0. The zero-order valence-corrected chi connectivity index (χ0v) is 11.1. The van der Waals surface area contributed by atoms with Crippen molar-refractivity contribution < 1.29 is 9.90 Å². The van der Waals surface area contributed by atoms with Gasteiger partial charge in [-0.05, 0) is 30.9 Å². The zero-order valence-electron chi connectivity index (χ0n) is 11.1. The van der Waals surface area contributed by atoms with Crippen molar-refractivity contribution in [3.63, 3.8) is 0 Å². The van der Waals surface area contributed by atoms with E-state index in [4.69, 9.17) is 0 Å². The Kier molecular flexibility index (Phi) is 7.18. The Hall–Kier alpha value is -0.630. The second-order valence-corrected chi connectivity index (χ2v) is 5.09. The average Bonchev–Trinajstić information content (AvgIpc) is 2.69. The SMILES string of the molecule is CCCCCCCC[C@@H](O)/C=C1\CCCC1=O. The molecule has 1 fully saturated rings. The Morgan fingerprint density at radius 2 is 1.88 bits per heavy atom. The molecule has 0 heterocycles. The molecule has 1 saturated carbocycles. The third kappa shape index (κ3) is 6.02. The van der Waals surface area contributed by atoms with E-state index in [1.54, 1.807) is 6.08 Å². The van der Waals surface area contributed by atoms with Gasteiger partial charge in [0.2, 0.25) is 0 Å². The fourth-order valence-electron chi connectivity index (χ4n) is 2.37. The van der Waals surface area contributed by atoms with E-state index in [1.165, 1.54) is 32.1 Å². The van der Waals surface area contributed by atoms with Crippen LogP contribution in [0.5, 0.6) is 0 Å². The van der Waals surface area contributed by atoms with Crippen molar-refractivity contribution >= 4 is 5.78 Å². The van der Waals surface area contributed by atoms with Crippen molar-refractivity contribution in [2.75, 3.05) is 0 Å². The van der Waals surface area contributed by atoms with Gasteiger partial charge >= 0.3 is 0 Å². The highest BCUT2D eigenvalue weighted by Crippen LogP contribution is 2.21. The topological polar surface area (TPSA) is 37.3 Å². The first-order valence-electron chi connectivity index (χ1n) is 7.16. The molecule has 0 unspecified atom stereocenters. The molecule has 2 nitrogen and oxygen atoms in total. The number of rotatable bonds is 8. The van der Waals surface area contributed by atoms with Crippen molar-refractivity contribution in [1.82, 2.24) is 0 Å². The summed E-state index contributed by atoms with van der Waals surface area (Å²) in [5, 5.41) is 9.80. The lowest BCUT2D eigenvalue weighted by molar-refractivity contribution is -0.114. The first-order chi connectivity index (χ1) is 8.24. The van der Waals surface area contributed by atoms with E-state index in [1.807, 2.05) is 0 Å². The van der Waals surface area contributed by atoms with Gasteiger partial charge in [0.25, 0.3) is 0 Å². The summed E-state index contributed by atoms with van der Waals surface area (Å²) in [6.45, 7) is 2.22. The van der Waals surface area contributed by atoms with Gasteiger partial charge in [-0.3, -0.25) is 4.79 Å². The molecular weight excluding hydrogens is 212 g/mol. The van der Waals surface area contributed by atoms with Gasteiger partial charge in [-0.25, -0.2) is 0 Å². The molecule has 0 aromatic carbocycles. The van der Waals surface area contributed by atoms with E-state index in [0.29, 0.717) is 6.42 Å². The van der Waals surface area contributed by atoms with Crippen LogP contribution in [0, 0.1) is 0 Å². The van der Waals surface area contributed by atoms with Gasteiger partial charge < -0.3 is 5.11 Å². The lowest BCUT2D eigenvalue weighted by Gasteiger charge is -2.06. The summed E-state index contributed by atoms with van der Waals surface area (Å²) in [5.74, 6) is 0.243. The number of ketones is 1. The molecule has 0 aromatic heterocycles. The van der Waals surface area contributed by atoms with Crippen LogP contribution in [0.4, 0.5) is 0 Å². The second kappa shape index (κ2) is 8.46. The monoisotopic (exact) mass is 238 g/mol. The lowest BCUT2D eigenvalue weighted by Crippen LogP contribution is -2.05. The van der Waals surface area contributed by atoms with Crippen LogP contribution in [-0.2, 0) is 4.79 Å². The molecule has 17 heavy (non-hydrogen) atoms. The molecule has 0 bridgehead atoms. The minimum atomic E-state index is -0.404. The highest BCUT2D eigenvalue weighted by molar-refractivity contribution is 5.97. The maximum atomic E-state index is 11.4. The predicted molar refractivity (Wildman–Crippen MR) is 70.9 cm³/mol. The van der Waals surface area contributed by atoms with Crippen molar-refractivity contribution in [3.8, 4) is 0 Å². The molecular formula is C15H26O2. The number of aliphatic hydroxyl groups is 1. The van der Waals surface area contributed by atoms with Crippen LogP contribution in [-0.4, -0.2) is 17.0 Å². The molecule has 0 saturated heterocycles. The van der Waals surface area contributed by atoms with Gasteiger partial charge in [0.1, 0.15) is 0 Å². The van der Waals surface area contributed by atoms with Crippen LogP contribution in [0.2, 0.25) is 0 Å². The average molecular weight is 238 g/mol. The third-order valence-electron chi connectivity index (χ3n) is 3.46. The van der Waals surface area contributed by atoms with Gasteiger partial charge in [0.05, 0.1) is 6.10 Å². The Labute approximate surface area is 105 Å². The minimum Gasteiger partial charge on any atom is -0.389 e. The highest BCUT2D eigenvalue weighted by Gasteiger charge is 2.17. The van der Waals surface area contributed by atoms with Crippen LogP contribution in [0.25, 0.3) is 0 Å². The number of allylic oxidation sites excluding steroid dienone is 1. The number of hydrogen-bond donors (Lipinski definition) is 1. The van der Waals surface area contributed by atoms with Crippen LogP contribution in [0.3, 0.4) is 0 Å². The quantitative estimate of drug-likeness (QED) is 0.516. The Bertz CT molecular complexity index is 256. The van der Waals surface area contributed by atoms with Gasteiger partial charge in [-0.2, -0.15) is 0 Å². The number of Topliss-reactive ketones (excluding diaryl/α,β-unsaturated/α-hetero) is 1. The molecule has 98 valence electrons. The molecule has 1 aliphatic rings. The van der Waals surface area contributed by atoms with Crippen LogP contribution in [0.1, 0.15) is 71.1 Å². The van der Waals surface area contributed by atoms with Crippen molar-refractivity contribution in [1.29, 1.82) is 0 Å². The van der Waals surface area contributed by atoms with E-state index >= 15 is 0 Å². The molecule has 1 rings (SSSR count). The number of carbonyl (C=O) groups is 1. The summed E-state index contributed by atoms with van der Waals surface area (Å²) in [7, 11) is 0. The lowest BCUT2D eigenvalue weighted by atomic mass is 10.0. The van der Waals surface area contributed by atoms with Gasteiger partial charge in [-0.15, -0.1) is 0 Å². The third-order valence-corrected chi connectivity index (χ3v) is 3.46. The van der Waals surface area contributed by atoms with Crippen molar-refractivity contribution in [3.05, 3.63) is 11.6 Å². The van der Waals surface area contributed by atoms with E-state index < -0.39 is 6.10 Å². The first-order valence-corrected chi connectivity index (χ1v) is 7.16. The molecule has 0 amide bonds. The van der Waals surface area contributed by atoms with Crippen LogP contribution < -0.4 is 0 Å². The smallest absolute Gasteiger partial charge is 0.158 e. The second-order valence-electron chi connectivity index (χ2n) is 5.09. The molecule has 0 aliphatic heterocycles. The molecule has 0 radical (unpaired) electrons. The summed E-state index contributed by atoms with van der Waals surface area (Å²) in [4.78, 5) is 11.4. The summed E-state index contributed by atoms with van der Waals surface area (Å²) in [5.41, 5.74) is 0.864. The largest absolute Gasteiger partial charge is 0.389 e. The predicted octanol–water partition coefficient (Wildman–Crippen LogP) is 3.78. The van der Waals surface area contributed by atoms with Crippen LogP contribution >= 0.6 is 0 Å². The first kappa shape index (κ1) is 14.4. The minimum absolute atomic E-state index is 0.243. The van der Waals surface area contributed by atoms with Crippen LogP contribution in [0.15, 0.2) is 11.6 Å². The fraction of sp³-hybridized carbons (Fsp3) is 0.800. The molecule has 1 atom stereocenters. The number of carbonyl (C=O) groups excluding carboxylic acids is 1. The van der Waals surface area contributed by atoms with E-state index in [2.05, 4.69) is 6.92 Å². The van der Waals surface area contributed by atoms with Crippen molar-refractivity contribution in [2.45, 2.75) is 77.2 Å². The number of aliphatic hydroxyl groups excluding tert-OH is 1. The fourth-order valence-corrected chi connectivity index (χ4v) is 2.37. The maximum Gasteiger partial charge on any atom is 0.158 e. The molecule has 1 aliphatic carbocycles. The van der Waals surface area contributed by atoms with E-state index in [-0.39, 0.29) is 5.78 Å². The number of hydrogen-bond acceptors (Lipinski definition) is 2. The van der Waals surface area contributed by atoms with Crippen molar-refractivity contribution in [2.24, 2.45) is 0 Å². The molecule has 2 heteroatoms. The molecule has 0 spiro atoms. The summed E-state index contributed by atoms with van der Waals surface area (Å²) in [6, 6.07) is 0. The van der Waals surface area contributed by atoms with E-state index in [0.717, 1.165) is 31.3 Å². The number of unbranched alkanes of at least 4 members (excludes halogenated alkanes) is 5. The van der Waals surface area contributed by atoms with E-state index in [9.17, 15) is 9.90 Å². The standard InChI is InChI=1S/C15H26O2/c1-2-3-4-5-6-7-10-14(16)12-13-9-8-11-15(13)17/h12,14,16H,2-11H2,1H3/b13-12+/t14-/m1/s1. The summed E-state index contributed by atoms with van der Waals surface area (Å²) >= 11 is 0. The zero-order chi connectivity index (χ0) is 12.5. The normalized spacial score (nSPS) is 20.1. The molecule has 1 N–H and O–H groups in total. The van der Waals surface area contributed by atoms with Gasteiger partial charge in [0, 0.05) is 6.42 Å². The summed E-state index contributed by atoms with van der Waals surface area (Å²) in [6.07, 6.45) is 12.2. The maximum absolute atomic E-state index is 11.4. The molecule has 0 aromatic rings. The Balaban J connectivity index is 2.08. The van der Waals surface area contributed by atoms with Gasteiger partial charge in [0.15, 0.2) is 5.78 Å². The Morgan fingerprint density at radius 1 is 1.18 bits per heavy atom. The highest BCUT2D eigenvalue weighted by atomic mass is 16.3. The Morgan fingerprint density at radius 3 is 2.53 bits per heavy atom.